The molecule has 1 aliphatic carbocycles. The van der Waals surface area contributed by atoms with Crippen LogP contribution in [0.2, 0.25) is 0 Å². The summed E-state index contributed by atoms with van der Waals surface area (Å²) in [6.07, 6.45) is 3.11. The first kappa shape index (κ1) is 15.7. The Balaban J connectivity index is 1.92. The molecular formula is C17H19NO5. The minimum Gasteiger partial charge on any atom is -0.480 e. The quantitative estimate of drug-likeness (QED) is 0.824. The van der Waals surface area contributed by atoms with E-state index in [9.17, 15) is 24.6 Å². The number of carbonyl (C=O) groups excluding carboxylic acids is 2. The Hall–Kier alpha value is -2.21. The number of carboxylic acid groups (broad SMARTS) is 1. The summed E-state index contributed by atoms with van der Waals surface area (Å²) in [6, 6.07) is 4.72. The zero-order chi connectivity index (χ0) is 16.6. The van der Waals surface area contributed by atoms with Crippen molar-refractivity contribution >= 4 is 17.8 Å². The molecule has 1 aromatic rings. The molecule has 0 spiro atoms. The van der Waals surface area contributed by atoms with E-state index in [-0.39, 0.29) is 17.0 Å². The van der Waals surface area contributed by atoms with Crippen LogP contribution in [0, 0.1) is 5.92 Å². The van der Waals surface area contributed by atoms with Gasteiger partial charge in [-0.2, -0.15) is 0 Å². The van der Waals surface area contributed by atoms with Crippen LogP contribution >= 0.6 is 0 Å². The van der Waals surface area contributed by atoms with Crippen molar-refractivity contribution in [2.75, 3.05) is 0 Å². The van der Waals surface area contributed by atoms with E-state index in [0.717, 1.165) is 19.3 Å². The van der Waals surface area contributed by atoms with Crippen LogP contribution in [-0.2, 0) is 4.79 Å². The Morgan fingerprint density at radius 2 is 1.57 bits per heavy atom. The number of amides is 2. The van der Waals surface area contributed by atoms with Crippen molar-refractivity contribution in [3.05, 3.63) is 35.4 Å². The number of hydrogen-bond acceptors (Lipinski definition) is 4. The second-order valence-electron chi connectivity index (χ2n) is 6.20. The molecule has 3 rings (SSSR count). The normalized spacial score (nSPS) is 21.2. The molecule has 0 saturated heterocycles. The molecule has 2 amide bonds. The number of carboxylic acids is 1. The zero-order valence-electron chi connectivity index (χ0n) is 12.6. The number of rotatable bonds is 4. The van der Waals surface area contributed by atoms with Gasteiger partial charge in [0, 0.05) is 0 Å². The monoisotopic (exact) mass is 317 g/mol. The van der Waals surface area contributed by atoms with E-state index in [1.54, 1.807) is 12.1 Å². The molecule has 6 heteroatoms. The van der Waals surface area contributed by atoms with Crippen LogP contribution in [0.4, 0.5) is 0 Å². The van der Waals surface area contributed by atoms with Crippen LogP contribution in [-0.4, -0.2) is 45.0 Å². The molecule has 1 aliphatic heterocycles. The summed E-state index contributed by atoms with van der Waals surface area (Å²) in [5, 5.41) is 20.1. The van der Waals surface area contributed by atoms with Gasteiger partial charge in [-0.05, 0) is 30.9 Å². The fraction of sp³-hybridized carbons (Fsp3) is 0.471. The fourth-order valence-electron chi connectivity index (χ4n) is 3.60. The van der Waals surface area contributed by atoms with Crippen molar-refractivity contribution in [2.24, 2.45) is 5.92 Å². The predicted molar refractivity (Wildman–Crippen MR) is 80.9 cm³/mol. The largest absolute Gasteiger partial charge is 0.480 e. The van der Waals surface area contributed by atoms with Gasteiger partial charge in [0.05, 0.1) is 17.2 Å². The minimum atomic E-state index is -1.54. The average molecular weight is 317 g/mol. The lowest BCUT2D eigenvalue weighted by Crippen LogP contribution is -2.54. The number of aliphatic carboxylic acids is 1. The highest BCUT2D eigenvalue weighted by atomic mass is 16.4. The fourth-order valence-corrected chi connectivity index (χ4v) is 3.60. The third-order valence-corrected chi connectivity index (χ3v) is 4.81. The molecule has 6 nitrogen and oxygen atoms in total. The Bertz CT molecular complexity index is 615. The predicted octanol–water partition coefficient (Wildman–Crippen LogP) is 1.68. The highest BCUT2D eigenvalue weighted by Crippen LogP contribution is 2.32. The molecular weight excluding hydrogens is 298 g/mol. The molecule has 0 unspecified atom stereocenters. The maximum atomic E-state index is 12.5. The minimum absolute atomic E-state index is 0.194. The van der Waals surface area contributed by atoms with Crippen molar-refractivity contribution in [1.29, 1.82) is 0 Å². The van der Waals surface area contributed by atoms with Crippen LogP contribution in [0.25, 0.3) is 0 Å². The van der Waals surface area contributed by atoms with E-state index in [1.165, 1.54) is 12.1 Å². The van der Waals surface area contributed by atoms with Crippen molar-refractivity contribution < 1.29 is 24.6 Å². The molecule has 1 fully saturated rings. The van der Waals surface area contributed by atoms with Crippen LogP contribution in [0.1, 0.15) is 52.8 Å². The third kappa shape index (κ3) is 2.63. The van der Waals surface area contributed by atoms with Gasteiger partial charge in [-0.1, -0.05) is 31.4 Å². The first-order valence-corrected chi connectivity index (χ1v) is 7.90. The number of aliphatic hydroxyl groups excluding tert-OH is 1. The molecule has 122 valence electrons. The van der Waals surface area contributed by atoms with Gasteiger partial charge >= 0.3 is 5.97 Å². The topological polar surface area (TPSA) is 94.9 Å². The molecule has 2 N–H and O–H groups in total. The summed E-state index contributed by atoms with van der Waals surface area (Å²) in [5.41, 5.74) is 0.388. The Morgan fingerprint density at radius 3 is 2.04 bits per heavy atom. The molecule has 1 heterocycles. The first-order valence-electron chi connectivity index (χ1n) is 7.90. The second-order valence-corrected chi connectivity index (χ2v) is 6.20. The third-order valence-electron chi connectivity index (χ3n) is 4.81. The molecule has 23 heavy (non-hydrogen) atoms. The summed E-state index contributed by atoms with van der Waals surface area (Å²) in [4.78, 5) is 37.4. The number of fused-ring (bicyclic) bond motifs is 1. The maximum Gasteiger partial charge on any atom is 0.329 e. The lowest BCUT2D eigenvalue weighted by Gasteiger charge is -2.33. The number of carbonyl (C=O) groups is 3. The van der Waals surface area contributed by atoms with Gasteiger partial charge in [-0.15, -0.1) is 0 Å². The highest BCUT2D eigenvalue weighted by Gasteiger charge is 2.47. The van der Waals surface area contributed by atoms with E-state index in [2.05, 4.69) is 0 Å². The van der Waals surface area contributed by atoms with E-state index in [0.29, 0.717) is 17.7 Å². The summed E-state index contributed by atoms with van der Waals surface area (Å²) < 4.78 is 0. The number of hydrogen-bond donors (Lipinski definition) is 2. The zero-order valence-corrected chi connectivity index (χ0v) is 12.6. The molecule has 1 aromatic carbocycles. The van der Waals surface area contributed by atoms with Crippen molar-refractivity contribution in [3.63, 3.8) is 0 Å². The average Bonchev–Trinajstić information content (AvgIpc) is 2.81. The maximum absolute atomic E-state index is 12.5. The summed E-state index contributed by atoms with van der Waals surface area (Å²) in [7, 11) is 0. The summed E-state index contributed by atoms with van der Waals surface area (Å²) in [6.45, 7) is 0. The number of aliphatic hydroxyl groups is 1. The highest BCUT2D eigenvalue weighted by molar-refractivity contribution is 6.22. The number of imide groups is 1. The van der Waals surface area contributed by atoms with E-state index < -0.39 is 29.9 Å². The summed E-state index contributed by atoms with van der Waals surface area (Å²) in [5.74, 6) is -2.84. The van der Waals surface area contributed by atoms with Crippen molar-refractivity contribution in [3.8, 4) is 0 Å². The van der Waals surface area contributed by atoms with E-state index in [1.807, 2.05) is 0 Å². The van der Waals surface area contributed by atoms with Gasteiger partial charge in [0.2, 0.25) is 0 Å². The van der Waals surface area contributed by atoms with Gasteiger partial charge in [-0.25, -0.2) is 4.79 Å². The van der Waals surface area contributed by atoms with Crippen molar-refractivity contribution in [2.45, 2.75) is 44.2 Å². The lowest BCUT2D eigenvalue weighted by atomic mass is 9.82. The molecule has 0 radical (unpaired) electrons. The van der Waals surface area contributed by atoms with Crippen molar-refractivity contribution in [1.82, 2.24) is 4.90 Å². The van der Waals surface area contributed by atoms with Gasteiger partial charge < -0.3 is 10.2 Å². The Morgan fingerprint density at radius 1 is 1.04 bits per heavy atom. The smallest absolute Gasteiger partial charge is 0.329 e. The van der Waals surface area contributed by atoms with Crippen LogP contribution in [0.15, 0.2) is 24.3 Å². The van der Waals surface area contributed by atoms with Crippen LogP contribution in [0.5, 0.6) is 0 Å². The van der Waals surface area contributed by atoms with E-state index >= 15 is 0 Å². The Kier molecular flexibility index (Phi) is 4.17. The standard InChI is InChI=1S/C17H19NO5/c19-14(10-6-2-1-3-7-10)13(17(22)23)18-15(20)11-8-4-5-9-12(11)16(18)21/h4-5,8-10,13-14,19H,1-3,6-7H2,(H,22,23)/t13-,14-/m1/s1. The van der Waals surface area contributed by atoms with Gasteiger partial charge in [-0.3, -0.25) is 14.5 Å². The molecule has 1 saturated carbocycles. The van der Waals surface area contributed by atoms with Gasteiger partial charge in [0.15, 0.2) is 6.04 Å². The molecule has 0 aromatic heterocycles. The van der Waals surface area contributed by atoms with Gasteiger partial charge in [0.25, 0.3) is 11.8 Å². The van der Waals surface area contributed by atoms with Gasteiger partial charge in [0.1, 0.15) is 0 Å². The number of benzene rings is 1. The second kappa shape index (κ2) is 6.12. The summed E-state index contributed by atoms with van der Waals surface area (Å²) >= 11 is 0. The Labute approximate surface area is 133 Å². The number of nitrogens with zero attached hydrogens (tertiary/aromatic N) is 1. The molecule has 2 atom stereocenters. The molecule has 2 aliphatic rings. The SMILES string of the molecule is O=C(O)[C@@H]([C@H](O)C1CCCCC1)N1C(=O)c2ccccc2C1=O. The van der Waals surface area contributed by atoms with Crippen LogP contribution < -0.4 is 0 Å². The van der Waals surface area contributed by atoms with E-state index in [4.69, 9.17) is 0 Å². The van der Waals surface area contributed by atoms with Crippen LogP contribution in [0.3, 0.4) is 0 Å². The lowest BCUT2D eigenvalue weighted by molar-refractivity contribution is -0.147. The molecule has 0 bridgehead atoms. The first-order chi connectivity index (χ1) is 11.0.